The normalized spacial score (nSPS) is 13.7. The fourth-order valence-electron chi connectivity index (χ4n) is 2.26. The molecule has 10 heteroatoms. The molecule has 0 aliphatic carbocycles. The molecule has 1 aromatic heterocycles. The van der Waals surface area contributed by atoms with Crippen LogP contribution < -0.4 is 5.32 Å². The Morgan fingerprint density at radius 3 is 2.40 bits per heavy atom. The lowest BCUT2D eigenvalue weighted by Crippen LogP contribution is -2.31. The molecule has 0 atom stereocenters. The van der Waals surface area contributed by atoms with Gasteiger partial charge in [0.15, 0.2) is 0 Å². The average Bonchev–Trinajstić information content (AvgIpc) is 3.07. The molecule has 1 aromatic rings. The van der Waals surface area contributed by atoms with Gasteiger partial charge in [-0.3, -0.25) is 9.98 Å². The standard InChI is InChI=1S/C15H19ClFN3.C7H7NO2.C2H6.CH4OS/c1-9(2)12-7-14(18-5)20-15(19-8-12)13(11(4)17)6-10(3)16;1-10-7(9)6-3-2-4-8-5-6;1-2;1-3-2/h6,8-9H,3-4,7H2,1-2,5H3,(H,18,19,20);2-5H,1H3;1-2H3;2H,1H3/b13-6+;;;. The van der Waals surface area contributed by atoms with E-state index in [1.165, 1.54) is 19.4 Å². The number of methoxy groups -OCH3 is 1. The van der Waals surface area contributed by atoms with Crippen molar-refractivity contribution in [3.8, 4) is 0 Å². The van der Waals surface area contributed by atoms with Gasteiger partial charge in [0.2, 0.25) is 0 Å². The number of nitrogens with zero attached hydrogens (tertiary/aromatic N) is 3. The third-order valence-corrected chi connectivity index (χ3v) is 4.05. The molecule has 2 N–H and O–H groups in total. The Hall–Kier alpha value is -2.75. The van der Waals surface area contributed by atoms with Gasteiger partial charge in [-0.1, -0.05) is 52.5 Å². The minimum absolute atomic E-state index is 0.174. The van der Waals surface area contributed by atoms with Gasteiger partial charge >= 0.3 is 5.97 Å². The maximum atomic E-state index is 13.6. The molecule has 0 bridgehead atoms. The van der Waals surface area contributed by atoms with Crippen molar-refractivity contribution in [1.29, 1.82) is 0 Å². The molecule has 0 amide bonds. The Morgan fingerprint density at radius 2 is 2.00 bits per heavy atom. The van der Waals surface area contributed by atoms with Gasteiger partial charge < -0.3 is 14.6 Å². The highest BCUT2D eigenvalue weighted by molar-refractivity contribution is 7.93. The summed E-state index contributed by atoms with van der Waals surface area (Å²) < 4.78 is 25.5. The van der Waals surface area contributed by atoms with Crippen molar-refractivity contribution in [3.63, 3.8) is 0 Å². The molecule has 2 heterocycles. The summed E-state index contributed by atoms with van der Waals surface area (Å²) in [4.78, 5) is 23.0. The predicted octanol–water partition coefficient (Wildman–Crippen LogP) is 6.83. The van der Waals surface area contributed by atoms with Gasteiger partial charge in [0.25, 0.3) is 0 Å². The predicted molar refractivity (Wildman–Crippen MR) is 148 cm³/mol. The molecule has 0 unspecified atom stereocenters. The van der Waals surface area contributed by atoms with Gasteiger partial charge in [0.1, 0.15) is 17.5 Å². The van der Waals surface area contributed by atoms with Crippen LogP contribution in [0.4, 0.5) is 4.39 Å². The minimum atomic E-state index is -0.630. The molecule has 0 fully saturated rings. The minimum Gasteiger partial charge on any atom is -0.465 e. The van der Waals surface area contributed by atoms with E-state index in [-0.39, 0.29) is 16.6 Å². The number of hydrogen-bond acceptors (Lipinski definition) is 7. The number of esters is 1. The average molecular weight is 527 g/mol. The Morgan fingerprint density at radius 1 is 1.40 bits per heavy atom. The van der Waals surface area contributed by atoms with Crippen molar-refractivity contribution in [2.75, 3.05) is 20.4 Å². The molecule has 1 aliphatic rings. The number of ether oxygens (including phenoxy) is 1. The van der Waals surface area contributed by atoms with E-state index in [0.717, 1.165) is 17.6 Å². The van der Waals surface area contributed by atoms with Crippen molar-refractivity contribution in [3.05, 3.63) is 77.5 Å². The zero-order valence-corrected chi connectivity index (χ0v) is 23.0. The summed E-state index contributed by atoms with van der Waals surface area (Å²) in [5, 5.41) is 3.22. The van der Waals surface area contributed by atoms with E-state index in [4.69, 9.17) is 16.2 Å². The van der Waals surface area contributed by atoms with Crippen LogP contribution >= 0.6 is 23.6 Å². The Bertz CT molecular complexity index is 930. The van der Waals surface area contributed by atoms with E-state index >= 15 is 0 Å². The molecule has 7 nitrogen and oxygen atoms in total. The number of carbonyl (C=O) groups excluding carboxylic acids is 1. The highest BCUT2D eigenvalue weighted by atomic mass is 35.5. The van der Waals surface area contributed by atoms with Crippen LogP contribution in [0.15, 0.2) is 82.0 Å². The first-order valence-electron chi connectivity index (χ1n) is 10.7. The molecule has 0 radical (unpaired) electrons. The molecule has 1 aliphatic heterocycles. The molecule has 0 saturated carbocycles. The summed E-state index contributed by atoms with van der Waals surface area (Å²) in [5.41, 5.74) is 1.76. The zero-order valence-electron chi connectivity index (χ0n) is 21.4. The number of rotatable bonds is 5. The zero-order chi connectivity index (χ0) is 27.4. The molecule has 0 spiro atoms. The van der Waals surface area contributed by atoms with Crippen LogP contribution in [0.1, 0.15) is 44.5 Å². The van der Waals surface area contributed by atoms with E-state index in [1.54, 1.807) is 37.8 Å². The SMILES string of the molecule is C=C(Cl)/C=C(\C(=C)F)C1=NC=C(C(C)C)CC(=NC)N1.CC.COC(=O)c1cccnc1.CSO. The maximum Gasteiger partial charge on any atom is 0.339 e. The largest absolute Gasteiger partial charge is 0.465 e. The smallest absolute Gasteiger partial charge is 0.339 e. The summed E-state index contributed by atoms with van der Waals surface area (Å²) in [7, 11) is 3.02. The topological polar surface area (TPSA) is 96.2 Å². The Labute approximate surface area is 217 Å². The van der Waals surface area contributed by atoms with Gasteiger partial charge in [-0.2, -0.15) is 0 Å². The van der Waals surface area contributed by atoms with Crippen LogP contribution in [0, 0.1) is 5.92 Å². The van der Waals surface area contributed by atoms with Crippen LogP contribution in [0.3, 0.4) is 0 Å². The van der Waals surface area contributed by atoms with Crippen molar-refractivity contribution < 1.29 is 18.5 Å². The fraction of sp³-hybridized carbons (Fsp3) is 0.360. The molecule has 194 valence electrons. The van der Waals surface area contributed by atoms with Crippen LogP contribution in [0.25, 0.3) is 0 Å². The first kappa shape index (κ1) is 34.4. The van der Waals surface area contributed by atoms with E-state index in [9.17, 15) is 9.18 Å². The van der Waals surface area contributed by atoms with Crippen LogP contribution in [-0.2, 0) is 4.74 Å². The Kier molecular flexibility index (Phi) is 20.3. The number of pyridine rings is 1. The third kappa shape index (κ3) is 15.0. The Balaban J connectivity index is 0. The lowest BCUT2D eigenvalue weighted by atomic mass is 10.0. The summed E-state index contributed by atoms with van der Waals surface area (Å²) in [6, 6.07) is 3.34. The number of carbonyl (C=O) groups is 1. The van der Waals surface area contributed by atoms with E-state index in [2.05, 4.69) is 52.0 Å². The first-order chi connectivity index (χ1) is 16.6. The van der Waals surface area contributed by atoms with Crippen molar-refractivity contribution in [2.24, 2.45) is 15.9 Å². The lowest BCUT2D eigenvalue weighted by Gasteiger charge is -2.12. The second-order valence-electron chi connectivity index (χ2n) is 6.63. The number of nitrogens with one attached hydrogen (secondary N) is 1. The molecule has 35 heavy (non-hydrogen) atoms. The second-order valence-corrected chi connectivity index (χ2v) is 7.48. The molecule has 0 aromatic carbocycles. The van der Waals surface area contributed by atoms with E-state index in [0.29, 0.717) is 29.6 Å². The molecule has 2 rings (SSSR count). The van der Waals surface area contributed by atoms with Gasteiger partial charge in [0, 0.05) is 43.4 Å². The van der Waals surface area contributed by atoms with Crippen molar-refractivity contribution >= 4 is 41.3 Å². The molecule has 0 saturated heterocycles. The van der Waals surface area contributed by atoms with Crippen molar-refractivity contribution in [2.45, 2.75) is 34.1 Å². The molecular weight excluding hydrogens is 491 g/mol. The summed E-state index contributed by atoms with van der Waals surface area (Å²) >= 11 is 6.47. The number of allylic oxidation sites excluding steroid dienone is 2. The number of amidine groups is 2. The van der Waals surface area contributed by atoms with E-state index in [1.807, 2.05) is 13.8 Å². The van der Waals surface area contributed by atoms with Crippen LogP contribution in [0.5, 0.6) is 0 Å². The number of hydrogen-bond donors (Lipinski definition) is 2. The lowest BCUT2D eigenvalue weighted by molar-refractivity contribution is 0.0600. The molecular formula is C25H36ClFN4O3S. The number of aliphatic imine (C=N–C) groups is 2. The van der Waals surface area contributed by atoms with E-state index < -0.39 is 5.83 Å². The van der Waals surface area contributed by atoms with Gasteiger partial charge in [-0.25, -0.2) is 14.2 Å². The van der Waals surface area contributed by atoms with Gasteiger partial charge in [0.05, 0.1) is 18.2 Å². The monoisotopic (exact) mass is 526 g/mol. The second kappa shape index (κ2) is 20.6. The number of aromatic nitrogens is 1. The summed E-state index contributed by atoms with van der Waals surface area (Å²) in [5.74, 6) is 0.396. The summed E-state index contributed by atoms with van der Waals surface area (Å²) in [6.07, 6.45) is 8.43. The highest BCUT2D eigenvalue weighted by Gasteiger charge is 2.18. The van der Waals surface area contributed by atoms with Gasteiger partial charge in [-0.05, 0) is 41.7 Å². The fourth-order valence-corrected chi connectivity index (χ4v) is 2.37. The van der Waals surface area contributed by atoms with Crippen LogP contribution in [-0.4, -0.2) is 47.6 Å². The quantitative estimate of drug-likeness (QED) is 0.248. The van der Waals surface area contributed by atoms with Crippen LogP contribution in [0.2, 0.25) is 0 Å². The summed E-state index contributed by atoms with van der Waals surface area (Å²) in [6.45, 7) is 15.0. The van der Waals surface area contributed by atoms with Crippen molar-refractivity contribution in [1.82, 2.24) is 10.3 Å². The first-order valence-corrected chi connectivity index (χ1v) is 12.2. The third-order valence-electron chi connectivity index (χ3n) is 3.94. The number of halogens is 2. The highest BCUT2D eigenvalue weighted by Crippen LogP contribution is 2.20. The maximum absolute atomic E-state index is 13.6. The van der Waals surface area contributed by atoms with Gasteiger partial charge in [-0.15, -0.1) is 0 Å².